The highest BCUT2D eigenvalue weighted by atomic mass is 16.5. The fourth-order valence-corrected chi connectivity index (χ4v) is 0.906. The van der Waals surface area contributed by atoms with Gasteiger partial charge in [0.05, 0.1) is 12.3 Å². The van der Waals surface area contributed by atoms with E-state index in [0.717, 1.165) is 0 Å². The molecule has 63 valence electrons. The van der Waals surface area contributed by atoms with Crippen LogP contribution in [-0.2, 0) is 4.79 Å². The van der Waals surface area contributed by atoms with E-state index >= 15 is 0 Å². The Morgan fingerprint density at radius 2 is 2.25 bits per heavy atom. The summed E-state index contributed by atoms with van der Waals surface area (Å²) in [5, 5.41) is 2.43. The standard InChI is InChI=1S/C9H10NO2/c1-2-12-9-6-4-3-5-8(9)10-7-11/h3-6H,2H2,1H3,(H,10,11). The summed E-state index contributed by atoms with van der Waals surface area (Å²) < 4.78 is 5.25. The molecule has 0 bridgehead atoms. The van der Waals surface area contributed by atoms with Gasteiger partial charge in [0, 0.05) is 0 Å². The normalized spacial score (nSPS) is 9.08. The van der Waals surface area contributed by atoms with Crippen molar-refractivity contribution in [3.8, 4) is 5.75 Å². The van der Waals surface area contributed by atoms with Crippen LogP contribution in [0.1, 0.15) is 6.92 Å². The van der Waals surface area contributed by atoms with Crippen molar-refractivity contribution in [2.75, 3.05) is 11.9 Å². The third-order valence-corrected chi connectivity index (χ3v) is 1.37. The van der Waals surface area contributed by atoms with Gasteiger partial charge in [-0.2, -0.15) is 0 Å². The van der Waals surface area contributed by atoms with Gasteiger partial charge in [-0.1, -0.05) is 12.1 Å². The molecule has 0 aliphatic carbocycles. The number of rotatable bonds is 4. The number of hydrogen-bond acceptors (Lipinski definition) is 2. The molecule has 0 aliphatic heterocycles. The molecule has 1 amide bonds. The number of anilines is 1. The summed E-state index contributed by atoms with van der Waals surface area (Å²) in [6.45, 7) is 2.47. The number of amides is 1. The molecule has 0 aliphatic rings. The van der Waals surface area contributed by atoms with Crippen LogP contribution in [0.5, 0.6) is 5.75 Å². The van der Waals surface area contributed by atoms with E-state index < -0.39 is 0 Å². The lowest BCUT2D eigenvalue weighted by Gasteiger charge is -2.06. The molecule has 0 saturated carbocycles. The lowest BCUT2D eigenvalue weighted by Crippen LogP contribution is -1.99. The van der Waals surface area contributed by atoms with Gasteiger partial charge >= 0.3 is 6.41 Å². The fraction of sp³-hybridized carbons (Fsp3) is 0.222. The van der Waals surface area contributed by atoms with Crippen molar-refractivity contribution in [3.05, 3.63) is 24.3 Å². The lowest BCUT2D eigenvalue weighted by atomic mass is 10.3. The largest absolute Gasteiger partial charge is 0.492 e. The number of benzene rings is 1. The first-order chi connectivity index (χ1) is 5.88. The van der Waals surface area contributed by atoms with Crippen LogP contribution in [0, 0.1) is 0 Å². The minimum Gasteiger partial charge on any atom is -0.492 e. The molecule has 0 saturated heterocycles. The Kier molecular flexibility index (Phi) is 3.14. The van der Waals surface area contributed by atoms with E-state index in [1.165, 1.54) is 0 Å². The molecule has 1 N–H and O–H groups in total. The van der Waals surface area contributed by atoms with Crippen LogP contribution in [0.2, 0.25) is 0 Å². The summed E-state index contributed by atoms with van der Waals surface area (Å²) >= 11 is 0. The van der Waals surface area contributed by atoms with E-state index in [1.54, 1.807) is 18.5 Å². The van der Waals surface area contributed by atoms with Crippen molar-refractivity contribution in [1.29, 1.82) is 0 Å². The molecule has 3 heteroatoms. The van der Waals surface area contributed by atoms with Crippen LogP contribution >= 0.6 is 0 Å². The average Bonchev–Trinajstić information content (AvgIpc) is 2.09. The zero-order valence-electron chi connectivity index (χ0n) is 6.83. The summed E-state index contributed by atoms with van der Waals surface area (Å²) in [5.74, 6) is 0.670. The van der Waals surface area contributed by atoms with Gasteiger partial charge in [-0.15, -0.1) is 0 Å². The quantitative estimate of drug-likeness (QED) is 0.686. The highest BCUT2D eigenvalue weighted by Crippen LogP contribution is 2.22. The van der Waals surface area contributed by atoms with Gasteiger partial charge in [-0.3, -0.25) is 4.79 Å². The Bertz CT molecular complexity index is 260. The molecule has 0 unspecified atom stereocenters. The predicted octanol–water partition coefficient (Wildman–Crippen LogP) is 1.56. The van der Waals surface area contributed by atoms with Crippen molar-refractivity contribution >= 4 is 12.1 Å². The van der Waals surface area contributed by atoms with E-state index in [0.29, 0.717) is 18.0 Å². The first-order valence-corrected chi connectivity index (χ1v) is 3.73. The maximum Gasteiger partial charge on any atom is 0.314 e. The van der Waals surface area contributed by atoms with Crippen LogP contribution in [0.4, 0.5) is 5.69 Å². The average molecular weight is 164 g/mol. The molecule has 0 fully saturated rings. The molecular weight excluding hydrogens is 154 g/mol. The highest BCUT2D eigenvalue weighted by molar-refractivity contribution is 5.75. The van der Waals surface area contributed by atoms with Crippen LogP contribution in [0.15, 0.2) is 24.3 Å². The minimum atomic E-state index is 0.581. The van der Waals surface area contributed by atoms with Crippen LogP contribution in [0.3, 0.4) is 0 Å². The second-order valence-corrected chi connectivity index (χ2v) is 2.16. The first kappa shape index (κ1) is 8.59. The summed E-state index contributed by atoms with van der Waals surface area (Å²) in [6, 6.07) is 7.22. The van der Waals surface area contributed by atoms with Crippen LogP contribution < -0.4 is 10.1 Å². The highest BCUT2D eigenvalue weighted by Gasteiger charge is 1.99. The molecular formula is C9H10NO2. The molecule has 3 nitrogen and oxygen atoms in total. The van der Waals surface area contributed by atoms with Crippen molar-refractivity contribution in [2.45, 2.75) is 6.92 Å². The van der Waals surface area contributed by atoms with Crippen molar-refractivity contribution in [2.24, 2.45) is 0 Å². The van der Waals surface area contributed by atoms with Gasteiger partial charge < -0.3 is 10.1 Å². The molecule has 0 heterocycles. The third-order valence-electron chi connectivity index (χ3n) is 1.37. The van der Waals surface area contributed by atoms with Crippen molar-refractivity contribution in [3.63, 3.8) is 0 Å². The monoisotopic (exact) mass is 164 g/mol. The van der Waals surface area contributed by atoms with E-state index in [9.17, 15) is 4.79 Å². The molecule has 1 radical (unpaired) electrons. The Morgan fingerprint density at radius 1 is 1.50 bits per heavy atom. The molecule has 1 aromatic carbocycles. The van der Waals surface area contributed by atoms with Gasteiger partial charge in [-0.25, -0.2) is 0 Å². The zero-order chi connectivity index (χ0) is 8.81. The fourth-order valence-electron chi connectivity index (χ4n) is 0.906. The number of hydrogen-bond donors (Lipinski definition) is 1. The summed E-state index contributed by atoms with van der Waals surface area (Å²) in [5.41, 5.74) is 0.648. The summed E-state index contributed by atoms with van der Waals surface area (Å²) in [4.78, 5) is 10.0. The maximum atomic E-state index is 10.0. The van der Waals surface area contributed by atoms with Gasteiger partial charge in [0.25, 0.3) is 0 Å². The minimum absolute atomic E-state index is 0.581. The number of carbonyl (C=O) groups excluding carboxylic acids is 1. The summed E-state index contributed by atoms with van der Waals surface area (Å²) in [7, 11) is 0. The topological polar surface area (TPSA) is 38.3 Å². The maximum absolute atomic E-state index is 10.0. The second-order valence-electron chi connectivity index (χ2n) is 2.16. The summed E-state index contributed by atoms with van der Waals surface area (Å²) in [6.07, 6.45) is 1.60. The molecule has 1 rings (SSSR count). The second kappa shape index (κ2) is 4.38. The first-order valence-electron chi connectivity index (χ1n) is 3.73. The number of nitrogens with one attached hydrogen (secondary N) is 1. The Balaban J connectivity index is 2.83. The molecule has 0 atom stereocenters. The molecule has 1 aromatic rings. The van der Waals surface area contributed by atoms with Gasteiger partial charge in [0.2, 0.25) is 0 Å². The zero-order valence-corrected chi connectivity index (χ0v) is 6.83. The van der Waals surface area contributed by atoms with E-state index in [-0.39, 0.29) is 0 Å². The van der Waals surface area contributed by atoms with E-state index in [1.807, 2.05) is 19.1 Å². The van der Waals surface area contributed by atoms with Crippen LogP contribution in [0.25, 0.3) is 0 Å². The Hall–Kier alpha value is -1.51. The molecule has 12 heavy (non-hydrogen) atoms. The SMILES string of the molecule is CCOc1ccccc1N[C]=O. The van der Waals surface area contributed by atoms with Crippen molar-refractivity contribution in [1.82, 2.24) is 0 Å². The van der Waals surface area contributed by atoms with Gasteiger partial charge in [0.15, 0.2) is 0 Å². The van der Waals surface area contributed by atoms with Gasteiger partial charge in [-0.05, 0) is 19.1 Å². The van der Waals surface area contributed by atoms with E-state index in [4.69, 9.17) is 4.74 Å². The van der Waals surface area contributed by atoms with Crippen molar-refractivity contribution < 1.29 is 9.53 Å². The third kappa shape index (κ3) is 1.99. The predicted molar refractivity (Wildman–Crippen MR) is 46.9 cm³/mol. The van der Waals surface area contributed by atoms with Gasteiger partial charge in [0.1, 0.15) is 5.75 Å². The van der Waals surface area contributed by atoms with E-state index in [2.05, 4.69) is 5.32 Å². The number of para-hydroxylation sites is 2. The smallest absolute Gasteiger partial charge is 0.314 e. The molecule has 0 aromatic heterocycles. The van der Waals surface area contributed by atoms with Crippen LogP contribution in [-0.4, -0.2) is 13.0 Å². The molecule has 0 spiro atoms. The lowest BCUT2D eigenvalue weighted by molar-refractivity contribution is 0.342. The Labute approximate surface area is 71.4 Å². The Morgan fingerprint density at radius 3 is 2.92 bits per heavy atom. The number of ether oxygens (including phenoxy) is 1.